The first-order valence-electron chi connectivity index (χ1n) is 5.03. The summed E-state index contributed by atoms with van der Waals surface area (Å²) in [6, 6.07) is 0. The molecule has 86 valence electrons. The van der Waals surface area contributed by atoms with E-state index in [1.807, 2.05) is 0 Å². The van der Waals surface area contributed by atoms with Gasteiger partial charge in [0.05, 0.1) is 5.41 Å². The lowest BCUT2D eigenvalue weighted by atomic mass is 9.70. The third-order valence-electron chi connectivity index (χ3n) is 3.97. The van der Waals surface area contributed by atoms with Crippen molar-refractivity contribution in [3.05, 3.63) is 0 Å². The quantitative estimate of drug-likeness (QED) is 0.640. The molecule has 1 aliphatic heterocycles. The summed E-state index contributed by atoms with van der Waals surface area (Å²) in [6.45, 7) is 5.22. The van der Waals surface area contributed by atoms with Crippen molar-refractivity contribution >= 4 is 11.9 Å². The minimum atomic E-state index is -1.14. The Morgan fingerprint density at radius 2 is 1.93 bits per heavy atom. The molecular weight excluding hydrogens is 198 g/mol. The maximum atomic E-state index is 11.2. The van der Waals surface area contributed by atoms with Gasteiger partial charge < -0.3 is 15.5 Å². The Morgan fingerprint density at radius 1 is 1.40 bits per heavy atom. The number of hydrogen-bond donors (Lipinski definition) is 3. The van der Waals surface area contributed by atoms with Crippen LogP contribution in [0.25, 0.3) is 0 Å². The molecule has 3 unspecified atom stereocenters. The molecule has 0 radical (unpaired) electrons. The Hall–Kier alpha value is -1.10. The summed E-state index contributed by atoms with van der Waals surface area (Å²) in [5.74, 6) is -2.36. The van der Waals surface area contributed by atoms with E-state index in [-0.39, 0.29) is 6.54 Å². The number of rotatable bonds is 3. The Balaban J connectivity index is 3.11. The van der Waals surface area contributed by atoms with Gasteiger partial charge in [0.2, 0.25) is 0 Å². The van der Waals surface area contributed by atoms with Crippen molar-refractivity contribution in [2.24, 2.45) is 11.3 Å². The van der Waals surface area contributed by atoms with Crippen molar-refractivity contribution in [2.45, 2.75) is 32.7 Å². The van der Waals surface area contributed by atoms with E-state index in [0.29, 0.717) is 6.42 Å². The van der Waals surface area contributed by atoms with Gasteiger partial charge in [0.15, 0.2) is 0 Å². The third-order valence-corrected chi connectivity index (χ3v) is 3.97. The second kappa shape index (κ2) is 3.48. The second-order valence-electron chi connectivity index (χ2n) is 4.40. The van der Waals surface area contributed by atoms with Crippen LogP contribution in [0.15, 0.2) is 0 Å². The van der Waals surface area contributed by atoms with E-state index in [4.69, 9.17) is 5.11 Å². The van der Waals surface area contributed by atoms with Crippen molar-refractivity contribution < 1.29 is 19.8 Å². The van der Waals surface area contributed by atoms with Crippen LogP contribution in [0, 0.1) is 11.3 Å². The first-order valence-corrected chi connectivity index (χ1v) is 5.03. The molecule has 0 aromatic carbocycles. The van der Waals surface area contributed by atoms with Crippen molar-refractivity contribution in [2.75, 3.05) is 6.54 Å². The average molecular weight is 215 g/mol. The highest BCUT2D eigenvalue weighted by atomic mass is 16.4. The molecule has 3 atom stereocenters. The number of nitrogens with one attached hydrogen (secondary N) is 1. The molecule has 0 spiro atoms. The zero-order valence-corrected chi connectivity index (χ0v) is 9.20. The summed E-state index contributed by atoms with van der Waals surface area (Å²) < 4.78 is 0. The lowest BCUT2D eigenvalue weighted by Crippen LogP contribution is -2.50. The van der Waals surface area contributed by atoms with Crippen LogP contribution in [0.3, 0.4) is 0 Å². The van der Waals surface area contributed by atoms with E-state index >= 15 is 0 Å². The highest BCUT2D eigenvalue weighted by Gasteiger charge is 2.59. The van der Waals surface area contributed by atoms with Gasteiger partial charge in [0.1, 0.15) is 5.54 Å². The molecule has 1 saturated heterocycles. The standard InChI is InChI=1S/C10H17NO4/c1-4-10(8(14)15)5-11-9(3,6(10)2)7(12)13/h6,11H,4-5H2,1-3H3,(H,12,13)(H,14,15). The molecule has 1 heterocycles. The van der Waals surface area contributed by atoms with Gasteiger partial charge in [0.25, 0.3) is 0 Å². The van der Waals surface area contributed by atoms with E-state index in [2.05, 4.69) is 5.32 Å². The molecule has 1 rings (SSSR count). The molecule has 0 aromatic rings. The van der Waals surface area contributed by atoms with Crippen LogP contribution in [-0.2, 0) is 9.59 Å². The minimum absolute atomic E-state index is 0.211. The van der Waals surface area contributed by atoms with Gasteiger partial charge >= 0.3 is 11.9 Å². The monoisotopic (exact) mass is 215 g/mol. The van der Waals surface area contributed by atoms with E-state index in [0.717, 1.165) is 0 Å². The molecule has 3 N–H and O–H groups in total. The smallest absolute Gasteiger partial charge is 0.323 e. The molecule has 0 aromatic heterocycles. The van der Waals surface area contributed by atoms with Crippen LogP contribution in [0.2, 0.25) is 0 Å². The van der Waals surface area contributed by atoms with Gasteiger partial charge in [-0.2, -0.15) is 0 Å². The van der Waals surface area contributed by atoms with Gasteiger partial charge in [-0.05, 0) is 13.3 Å². The minimum Gasteiger partial charge on any atom is -0.481 e. The molecule has 0 bridgehead atoms. The van der Waals surface area contributed by atoms with Crippen LogP contribution in [0.5, 0.6) is 0 Å². The topological polar surface area (TPSA) is 86.6 Å². The maximum Gasteiger partial charge on any atom is 0.323 e. The number of carboxylic acid groups (broad SMARTS) is 2. The molecule has 15 heavy (non-hydrogen) atoms. The van der Waals surface area contributed by atoms with Crippen molar-refractivity contribution in [3.63, 3.8) is 0 Å². The van der Waals surface area contributed by atoms with Crippen LogP contribution in [0.4, 0.5) is 0 Å². The SMILES string of the molecule is CCC1(C(=O)O)CNC(C)(C(=O)O)C1C. The van der Waals surface area contributed by atoms with Crippen molar-refractivity contribution in [1.82, 2.24) is 5.32 Å². The van der Waals surface area contributed by atoms with Crippen molar-refractivity contribution in [1.29, 1.82) is 0 Å². The molecule has 0 saturated carbocycles. The third kappa shape index (κ3) is 1.42. The molecule has 5 nitrogen and oxygen atoms in total. The van der Waals surface area contributed by atoms with Crippen LogP contribution >= 0.6 is 0 Å². The van der Waals surface area contributed by atoms with Crippen LogP contribution in [0.1, 0.15) is 27.2 Å². The normalized spacial score (nSPS) is 40.3. The molecule has 0 amide bonds. The Kier molecular flexibility index (Phi) is 2.78. The Bertz CT molecular complexity index is 304. The fourth-order valence-electron chi connectivity index (χ4n) is 2.30. The first kappa shape index (κ1) is 12.0. The summed E-state index contributed by atoms with van der Waals surface area (Å²) >= 11 is 0. The molecular formula is C10H17NO4. The van der Waals surface area contributed by atoms with Gasteiger partial charge in [-0.15, -0.1) is 0 Å². The highest BCUT2D eigenvalue weighted by Crippen LogP contribution is 2.43. The number of carbonyl (C=O) groups is 2. The van der Waals surface area contributed by atoms with Crippen molar-refractivity contribution in [3.8, 4) is 0 Å². The maximum absolute atomic E-state index is 11.2. The largest absolute Gasteiger partial charge is 0.481 e. The summed E-state index contributed by atoms with van der Waals surface area (Å²) in [4.78, 5) is 22.3. The summed E-state index contributed by atoms with van der Waals surface area (Å²) in [7, 11) is 0. The fraction of sp³-hybridized carbons (Fsp3) is 0.800. The molecule has 5 heteroatoms. The fourth-order valence-corrected chi connectivity index (χ4v) is 2.30. The first-order chi connectivity index (χ1) is 6.81. The Morgan fingerprint density at radius 3 is 2.13 bits per heavy atom. The Labute approximate surface area is 88.5 Å². The highest BCUT2D eigenvalue weighted by molar-refractivity contribution is 5.84. The van der Waals surface area contributed by atoms with Crippen LogP contribution < -0.4 is 5.32 Å². The van der Waals surface area contributed by atoms with Gasteiger partial charge in [-0.1, -0.05) is 13.8 Å². The van der Waals surface area contributed by atoms with Gasteiger partial charge in [-0.3, -0.25) is 9.59 Å². The van der Waals surface area contributed by atoms with Gasteiger partial charge in [-0.25, -0.2) is 0 Å². The lowest BCUT2D eigenvalue weighted by molar-refractivity contribution is -0.153. The van der Waals surface area contributed by atoms with Crippen LogP contribution in [-0.4, -0.2) is 34.2 Å². The summed E-state index contributed by atoms with van der Waals surface area (Å²) in [5, 5.41) is 21.1. The van der Waals surface area contributed by atoms with E-state index < -0.39 is 28.8 Å². The molecule has 0 aliphatic carbocycles. The van der Waals surface area contributed by atoms with E-state index in [1.54, 1.807) is 20.8 Å². The second-order valence-corrected chi connectivity index (χ2v) is 4.40. The zero-order chi connectivity index (χ0) is 11.9. The molecule has 1 fully saturated rings. The predicted molar refractivity (Wildman–Crippen MR) is 53.6 cm³/mol. The number of aliphatic carboxylic acids is 2. The summed E-state index contributed by atoms with van der Waals surface area (Å²) in [6.07, 6.45) is 0.430. The van der Waals surface area contributed by atoms with Gasteiger partial charge in [0, 0.05) is 12.5 Å². The number of hydrogen-bond acceptors (Lipinski definition) is 3. The van der Waals surface area contributed by atoms with E-state index in [1.165, 1.54) is 0 Å². The molecule has 1 aliphatic rings. The average Bonchev–Trinajstić information content (AvgIpc) is 2.43. The lowest BCUT2D eigenvalue weighted by Gasteiger charge is -2.32. The predicted octanol–water partition coefficient (Wildman–Crippen LogP) is 0.550. The zero-order valence-electron chi connectivity index (χ0n) is 9.20. The summed E-state index contributed by atoms with van der Waals surface area (Å²) in [5.41, 5.74) is -2.11. The van der Waals surface area contributed by atoms with E-state index in [9.17, 15) is 14.7 Å². The number of carboxylic acids is 2.